The predicted molar refractivity (Wildman–Crippen MR) is 146 cm³/mol. The van der Waals surface area contributed by atoms with Crippen molar-refractivity contribution in [3.8, 4) is 0 Å². The summed E-state index contributed by atoms with van der Waals surface area (Å²) >= 11 is 0. The Morgan fingerprint density at radius 1 is 0.838 bits per heavy atom. The summed E-state index contributed by atoms with van der Waals surface area (Å²) in [6.45, 7) is 8.73. The molecule has 0 saturated carbocycles. The Labute approximate surface area is 221 Å². The molecule has 1 heterocycles. The van der Waals surface area contributed by atoms with Gasteiger partial charge in [-0.25, -0.2) is 4.79 Å². The highest BCUT2D eigenvalue weighted by atomic mass is 16.7. The average molecular weight is 502 g/mol. The number of esters is 1. The van der Waals surface area contributed by atoms with Crippen molar-refractivity contribution in [2.45, 2.75) is 76.2 Å². The fraction of sp³-hybridized carbons (Fsp3) is 0.406. The standard InChI is InChI=1S/C32H39NO4/c1-31(2)21-28(34)22-32(3,4)33(31)37-29(25-16-10-6-11-17-25)20-27(24-14-8-5-9-15-24)23-36-30(35)26-18-12-7-13-19-26/h5-19,27-29,34H,20-23H2,1-4H3. The highest BCUT2D eigenvalue weighted by Crippen LogP contribution is 2.42. The maximum absolute atomic E-state index is 12.8. The van der Waals surface area contributed by atoms with Gasteiger partial charge in [0.2, 0.25) is 0 Å². The van der Waals surface area contributed by atoms with Gasteiger partial charge in [0, 0.05) is 17.0 Å². The van der Waals surface area contributed by atoms with Crippen molar-refractivity contribution in [2.75, 3.05) is 6.61 Å². The molecule has 0 aliphatic carbocycles. The number of aliphatic hydroxyl groups excluding tert-OH is 1. The van der Waals surface area contributed by atoms with E-state index in [0.29, 0.717) is 24.8 Å². The molecule has 196 valence electrons. The maximum atomic E-state index is 12.8. The third kappa shape index (κ3) is 6.86. The van der Waals surface area contributed by atoms with Gasteiger partial charge >= 0.3 is 5.97 Å². The zero-order valence-corrected chi connectivity index (χ0v) is 22.3. The maximum Gasteiger partial charge on any atom is 0.338 e. The predicted octanol–water partition coefficient (Wildman–Crippen LogP) is 6.70. The van der Waals surface area contributed by atoms with Crippen LogP contribution < -0.4 is 0 Å². The van der Waals surface area contributed by atoms with Crippen molar-refractivity contribution in [1.82, 2.24) is 5.06 Å². The fourth-order valence-corrected chi connectivity index (χ4v) is 5.65. The van der Waals surface area contributed by atoms with Gasteiger partial charge in [0.25, 0.3) is 0 Å². The average Bonchev–Trinajstić information content (AvgIpc) is 2.88. The molecule has 4 rings (SSSR count). The van der Waals surface area contributed by atoms with Crippen LogP contribution in [0.15, 0.2) is 91.0 Å². The summed E-state index contributed by atoms with van der Waals surface area (Å²) in [5.74, 6) is -0.397. The molecule has 0 aromatic heterocycles. The summed E-state index contributed by atoms with van der Waals surface area (Å²) in [4.78, 5) is 19.7. The molecule has 2 unspecified atom stereocenters. The minimum absolute atomic E-state index is 0.0688. The van der Waals surface area contributed by atoms with Gasteiger partial charge < -0.3 is 9.84 Å². The van der Waals surface area contributed by atoms with Gasteiger partial charge in [-0.2, -0.15) is 5.06 Å². The first-order chi connectivity index (χ1) is 17.7. The Morgan fingerprint density at radius 2 is 1.32 bits per heavy atom. The van der Waals surface area contributed by atoms with E-state index in [1.165, 1.54) is 0 Å². The van der Waals surface area contributed by atoms with Gasteiger partial charge in [-0.3, -0.25) is 4.84 Å². The number of rotatable bonds is 9. The Balaban J connectivity index is 1.61. The van der Waals surface area contributed by atoms with Gasteiger partial charge in [0.1, 0.15) is 6.10 Å². The molecule has 3 aromatic rings. The van der Waals surface area contributed by atoms with Gasteiger partial charge in [-0.05, 0) is 70.2 Å². The lowest BCUT2D eigenvalue weighted by atomic mass is 9.80. The zero-order valence-electron chi connectivity index (χ0n) is 22.3. The topological polar surface area (TPSA) is 59.0 Å². The SMILES string of the molecule is CC1(C)CC(O)CC(C)(C)N1OC(CC(COC(=O)c1ccccc1)c1ccccc1)c1ccccc1. The molecular weight excluding hydrogens is 462 g/mol. The fourth-order valence-electron chi connectivity index (χ4n) is 5.65. The van der Waals surface area contributed by atoms with Gasteiger partial charge in [0.15, 0.2) is 0 Å². The molecule has 0 radical (unpaired) electrons. The van der Waals surface area contributed by atoms with Crippen LogP contribution in [-0.4, -0.2) is 39.9 Å². The Hall–Kier alpha value is -2.99. The van der Waals surface area contributed by atoms with E-state index in [1.807, 2.05) is 54.6 Å². The smallest absolute Gasteiger partial charge is 0.338 e. The van der Waals surface area contributed by atoms with E-state index in [9.17, 15) is 9.90 Å². The highest BCUT2D eigenvalue weighted by molar-refractivity contribution is 5.89. The number of aliphatic hydroxyl groups is 1. The molecule has 2 atom stereocenters. The molecule has 5 nitrogen and oxygen atoms in total. The molecule has 37 heavy (non-hydrogen) atoms. The minimum atomic E-state index is -0.366. The molecule has 1 fully saturated rings. The molecule has 1 aliphatic heterocycles. The van der Waals surface area contributed by atoms with Crippen molar-refractivity contribution < 1.29 is 19.5 Å². The summed E-state index contributed by atoms with van der Waals surface area (Å²) in [5.41, 5.74) is 2.00. The van der Waals surface area contributed by atoms with E-state index in [0.717, 1.165) is 11.1 Å². The first-order valence-electron chi connectivity index (χ1n) is 13.1. The molecule has 3 aromatic carbocycles. The van der Waals surface area contributed by atoms with E-state index in [1.54, 1.807) is 12.1 Å². The van der Waals surface area contributed by atoms with Crippen LogP contribution in [0.4, 0.5) is 0 Å². The normalized spacial score (nSPS) is 19.2. The van der Waals surface area contributed by atoms with Crippen molar-refractivity contribution in [3.63, 3.8) is 0 Å². The van der Waals surface area contributed by atoms with Gasteiger partial charge in [-0.15, -0.1) is 0 Å². The van der Waals surface area contributed by atoms with Crippen LogP contribution >= 0.6 is 0 Å². The summed E-state index contributed by atoms with van der Waals surface area (Å²) in [6, 6.07) is 29.5. The van der Waals surface area contributed by atoms with E-state index >= 15 is 0 Å². The number of carbonyl (C=O) groups excluding carboxylic acids is 1. The van der Waals surface area contributed by atoms with Gasteiger partial charge in [0.05, 0.1) is 18.3 Å². The molecule has 0 bridgehead atoms. The molecule has 1 aliphatic rings. The number of nitrogens with zero attached hydrogens (tertiary/aromatic N) is 1. The van der Waals surface area contributed by atoms with Crippen LogP contribution in [0.1, 0.15) is 80.5 Å². The van der Waals surface area contributed by atoms with E-state index < -0.39 is 0 Å². The number of hydroxylamine groups is 2. The number of ether oxygens (including phenoxy) is 1. The number of piperidine rings is 1. The molecule has 1 saturated heterocycles. The molecule has 0 spiro atoms. The van der Waals surface area contributed by atoms with Crippen molar-refractivity contribution in [2.24, 2.45) is 0 Å². The quantitative estimate of drug-likeness (QED) is 0.331. The number of hydrogen-bond acceptors (Lipinski definition) is 5. The molecular formula is C32H39NO4. The second-order valence-corrected chi connectivity index (χ2v) is 11.3. The Morgan fingerprint density at radius 3 is 1.86 bits per heavy atom. The number of hydrogen-bond donors (Lipinski definition) is 1. The minimum Gasteiger partial charge on any atom is -0.461 e. The number of carbonyl (C=O) groups is 1. The Kier molecular flexibility index (Phi) is 8.48. The van der Waals surface area contributed by atoms with E-state index in [2.05, 4.69) is 57.0 Å². The third-order valence-electron chi connectivity index (χ3n) is 7.17. The highest BCUT2D eigenvalue weighted by Gasteiger charge is 2.47. The van der Waals surface area contributed by atoms with Crippen LogP contribution in [0, 0.1) is 0 Å². The van der Waals surface area contributed by atoms with Crippen molar-refractivity contribution in [1.29, 1.82) is 0 Å². The summed E-state index contributed by atoms with van der Waals surface area (Å²) in [6.07, 6.45) is 1.26. The van der Waals surface area contributed by atoms with E-state index in [-0.39, 0.29) is 41.8 Å². The van der Waals surface area contributed by atoms with Crippen LogP contribution in [0.2, 0.25) is 0 Å². The van der Waals surface area contributed by atoms with Crippen LogP contribution in [0.5, 0.6) is 0 Å². The largest absolute Gasteiger partial charge is 0.461 e. The summed E-state index contributed by atoms with van der Waals surface area (Å²) in [7, 11) is 0. The summed E-state index contributed by atoms with van der Waals surface area (Å²) in [5, 5.41) is 12.6. The lowest BCUT2D eigenvalue weighted by Gasteiger charge is -2.54. The molecule has 0 amide bonds. The second kappa shape index (κ2) is 11.6. The second-order valence-electron chi connectivity index (χ2n) is 11.3. The van der Waals surface area contributed by atoms with Crippen molar-refractivity contribution >= 4 is 5.97 Å². The lowest BCUT2D eigenvalue weighted by molar-refractivity contribution is -0.318. The monoisotopic (exact) mass is 501 g/mol. The van der Waals surface area contributed by atoms with Gasteiger partial charge in [-0.1, -0.05) is 78.9 Å². The Bertz CT molecular complexity index is 1110. The molecule has 5 heteroatoms. The van der Waals surface area contributed by atoms with Crippen LogP contribution in [-0.2, 0) is 9.57 Å². The summed E-state index contributed by atoms with van der Waals surface area (Å²) < 4.78 is 5.83. The molecule has 1 N–H and O–H groups in total. The first-order valence-corrected chi connectivity index (χ1v) is 13.1. The lowest BCUT2D eigenvalue weighted by Crippen LogP contribution is -2.61. The zero-order chi connectivity index (χ0) is 26.5. The first kappa shape index (κ1) is 27.1. The van der Waals surface area contributed by atoms with Crippen LogP contribution in [0.3, 0.4) is 0 Å². The third-order valence-corrected chi connectivity index (χ3v) is 7.17. The number of benzene rings is 3. The van der Waals surface area contributed by atoms with Crippen LogP contribution in [0.25, 0.3) is 0 Å². The van der Waals surface area contributed by atoms with E-state index in [4.69, 9.17) is 9.57 Å². The van der Waals surface area contributed by atoms with Crippen molar-refractivity contribution in [3.05, 3.63) is 108 Å².